The average Bonchev–Trinajstić information content (AvgIpc) is 2.07. The first-order chi connectivity index (χ1) is 5.77. The Balaban J connectivity index is 2.05. The molecule has 1 saturated heterocycles. The van der Waals surface area contributed by atoms with Crippen molar-refractivity contribution in [2.45, 2.75) is 31.8 Å². The molecule has 0 aromatic rings. The van der Waals surface area contributed by atoms with Gasteiger partial charge < -0.3 is 10.4 Å². The zero-order valence-electron chi connectivity index (χ0n) is 7.12. The van der Waals surface area contributed by atoms with Gasteiger partial charge in [0.2, 0.25) is 5.91 Å². The number of aliphatic hydroxyl groups is 1. The van der Waals surface area contributed by atoms with Crippen LogP contribution in [0.1, 0.15) is 25.7 Å². The SMILES string of the molecule is O=C1NCCC2CCC(O)CC12. The van der Waals surface area contributed by atoms with E-state index in [9.17, 15) is 9.90 Å². The number of carbonyl (C=O) groups is 1. The van der Waals surface area contributed by atoms with E-state index < -0.39 is 0 Å². The normalized spacial score (nSPS) is 41.8. The molecule has 0 aromatic heterocycles. The van der Waals surface area contributed by atoms with E-state index in [4.69, 9.17) is 0 Å². The van der Waals surface area contributed by atoms with Gasteiger partial charge in [-0.15, -0.1) is 0 Å². The van der Waals surface area contributed by atoms with Crippen LogP contribution in [0.15, 0.2) is 0 Å². The molecule has 2 rings (SSSR count). The van der Waals surface area contributed by atoms with Crippen LogP contribution in [0.2, 0.25) is 0 Å². The van der Waals surface area contributed by atoms with E-state index in [0.717, 1.165) is 25.8 Å². The summed E-state index contributed by atoms with van der Waals surface area (Å²) in [5.74, 6) is 0.801. The Morgan fingerprint density at radius 2 is 2.17 bits per heavy atom. The summed E-state index contributed by atoms with van der Waals surface area (Å²) in [4.78, 5) is 11.4. The van der Waals surface area contributed by atoms with Gasteiger partial charge >= 0.3 is 0 Å². The second kappa shape index (κ2) is 3.05. The van der Waals surface area contributed by atoms with Crippen LogP contribution >= 0.6 is 0 Å². The molecular formula is C9H15NO2. The van der Waals surface area contributed by atoms with E-state index in [2.05, 4.69) is 5.32 Å². The topological polar surface area (TPSA) is 49.3 Å². The van der Waals surface area contributed by atoms with Gasteiger partial charge in [-0.2, -0.15) is 0 Å². The monoisotopic (exact) mass is 169 g/mol. The van der Waals surface area contributed by atoms with Crippen LogP contribution in [0.5, 0.6) is 0 Å². The number of piperidine rings is 1. The highest BCUT2D eigenvalue weighted by Gasteiger charge is 2.36. The molecule has 1 heterocycles. The number of amides is 1. The minimum atomic E-state index is -0.241. The van der Waals surface area contributed by atoms with Crippen LogP contribution in [-0.2, 0) is 4.79 Å². The second-order valence-corrected chi connectivity index (χ2v) is 3.91. The number of hydrogen-bond donors (Lipinski definition) is 2. The van der Waals surface area contributed by atoms with Gasteiger partial charge in [0.1, 0.15) is 0 Å². The Hall–Kier alpha value is -0.570. The maximum Gasteiger partial charge on any atom is 0.223 e. The van der Waals surface area contributed by atoms with Crippen molar-refractivity contribution in [1.29, 1.82) is 0 Å². The van der Waals surface area contributed by atoms with Crippen molar-refractivity contribution in [3.63, 3.8) is 0 Å². The molecule has 3 nitrogen and oxygen atoms in total. The molecule has 2 fully saturated rings. The minimum absolute atomic E-state index is 0.0995. The molecule has 0 bridgehead atoms. The van der Waals surface area contributed by atoms with Gasteiger partial charge in [-0.05, 0) is 31.6 Å². The van der Waals surface area contributed by atoms with Crippen molar-refractivity contribution in [3.8, 4) is 0 Å². The molecule has 0 aromatic carbocycles. The summed E-state index contributed by atoms with van der Waals surface area (Å²) in [6, 6.07) is 0. The molecule has 3 atom stereocenters. The Labute approximate surface area is 72.2 Å². The van der Waals surface area contributed by atoms with Crippen molar-refractivity contribution in [2.75, 3.05) is 6.54 Å². The average molecular weight is 169 g/mol. The van der Waals surface area contributed by atoms with Crippen LogP contribution in [0.4, 0.5) is 0 Å². The third kappa shape index (κ3) is 1.33. The van der Waals surface area contributed by atoms with Crippen LogP contribution < -0.4 is 5.32 Å². The molecule has 2 N–H and O–H groups in total. The van der Waals surface area contributed by atoms with Crippen LogP contribution in [-0.4, -0.2) is 23.7 Å². The molecule has 1 amide bonds. The van der Waals surface area contributed by atoms with Crippen molar-refractivity contribution in [1.82, 2.24) is 5.32 Å². The lowest BCUT2D eigenvalue weighted by atomic mass is 9.74. The fourth-order valence-electron chi connectivity index (χ4n) is 2.39. The van der Waals surface area contributed by atoms with Crippen molar-refractivity contribution in [2.24, 2.45) is 11.8 Å². The fraction of sp³-hybridized carbons (Fsp3) is 0.889. The molecule has 1 saturated carbocycles. The minimum Gasteiger partial charge on any atom is -0.393 e. The molecule has 3 heteroatoms. The largest absolute Gasteiger partial charge is 0.393 e. The van der Waals surface area contributed by atoms with Crippen LogP contribution in [0, 0.1) is 11.8 Å². The van der Waals surface area contributed by atoms with E-state index in [1.165, 1.54) is 0 Å². The number of aliphatic hydroxyl groups excluding tert-OH is 1. The third-order valence-electron chi connectivity index (χ3n) is 3.12. The first kappa shape index (κ1) is 8.05. The maximum atomic E-state index is 11.4. The molecule has 1 aliphatic heterocycles. The van der Waals surface area contributed by atoms with Crippen LogP contribution in [0.25, 0.3) is 0 Å². The third-order valence-corrected chi connectivity index (χ3v) is 3.12. The van der Waals surface area contributed by atoms with Gasteiger partial charge in [-0.25, -0.2) is 0 Å². The molecule has 0 spiro atoms. The Morgan fingerprint density at radius 3 is 3.00 bits per heavy atom. The number of rotatable bonds is 0. The smallest absolute Gasteiger partial charge is 0.223 e. The summed E-state index contributed by atoms with van der Waals surface area (Å²) in [5.41, 5.74) is 0. The second-order valence-electron chi connectivity index (χ2n) is 3.91. The lowest BCUT2D eigenvalue weighted by Crippen LogP contribution is -2.45. The van der Waals surface area contributed by atoms with Gasteiger partial charge in [0.25, 0.3) is 0 Å². The molecular weight excluding hydrogens is 154 g/mol. The molecule has 2 aliphatic rings. The summed E-state index contributed by atoms with van der Waals surface area (Å²) >= 11 is 0. The Bertz CT molecular complexity index is 193. The van der Waals surface area contributed by atoms with Crippen molar-refractivity contribution in [3.05, 3.63) is 0 Å². The fourth-order valence-corrected chi connectivity index (χ4v) is 2.39. The summed E-state index contributed by atoms with van der Waals surface area (Å²) in [6.07, 6.45) is 3.45. The van der Waals surface area contributed by atoms with Crippen molar-refractivity contribution >= 4 is 5.91 Å². The van der Waals surface area contributed by atoms with E-state index in [1.54, 1.807) is 0 Å². The predicted octanol–water partition coefficient (Wildman–Crippen LogP) is 0.283. The summed E-state index contributed by atoms with van der Waals surface area (Å²) in [6.45, 7) is 0.829. The standard InChI is InChI=1S/C9H15NO2/c11-7-2-1-6-3-4-10-9(12)8(6)5-7/h6-8,11H,1-5H2,(H,10,12). The maximum absolute atomic E-state index is 11.4. The zero-order valence-corrected chi connectivity index (χ0v) is 7.12. The van der Waals surface area contributed by atoms with Gasteiger partial charge in [-0.3, -0.25) is 4.79 Å². The molecule has 3 unspecified atom stereocenters. The first-order valence-electron chi connectivity index (χ1n) is 4.73. The van der Waals surface area contributed by atoms with Gasteiger partial charge in [0.05, 0.1) is 6.10 Å². The highest BCUT2D eigenvalue weighted by atomic mass is 16.3. The lowest BCUT2D eigenvalue weighted by molar-refractivity contribution is -0.132. The highest BCUT2D eigenvalue weighted by Crippen LogP contribution is 2.34. The number of fused-ring (bicyclic) bond motifs is 1. The zero-order chi connectivity index (χ0) is 8.55. The van der Waals surface area contributed by atoms with Crippen LogP contribution in [0.3, 0.4) is 0 Å². The summed E-state index contributed by atoms with van der Waals surface area (Å²) in [7, 11) is 0. The van der Waals surface area contributed by atoms with Gasteiger partial charge in [0, 0.05) is 12.5 Å². The Morgan fingerprint density at radius 1 is 1.33 bits per heavy atom. The van der Waals surface area contributed by atoms with E-state index in [0.29, 0.717) is 12.3 Å². The molecule has 68 valence electrons. The van der Waals surface area contributed by atoms with E-state index >= 15 is 0 Å². The number of carbonyl (C=O) groups excluding carboxylic acids is 1. The van der Waals surface area contributed by atoms with E-state index in [-0.39, 0.29) is 17.9 Å². The number of nitrogens with one attached hydrogen (secondary N) is 1. The lowest BCUT2D eigenvalue weighted by Gasteiger charge is -2.36. The van der Waals surface area contributed by atoms with E-state index in [1.807, 2.05) is 0 Å². The van der Waals surface area contributed by atoms with Crippen molar-refractivity contribution < 1.29 is 9.90 Å². The highest BCUT2D eigenvalue weighted by molar-refractivity contribution is 5.79. The van der Waals surface area contributed by atoms with Gasteiger partial charge in [-0.1, -0.05) is 0 Å². The molecule has 12 heavy (non-hydrogen) atoms. The number of hydrogen-bond acceptors (Lipinski definition) is 2. The quantitative estimate of drug-likeness (QED) is 0.547. The summed E-state index contributed by atoms with van der Waals surface area (Å²) < 4.78 is 0. The van der Waals surface area contributed by atoms with Gasteiger partial charge in [0.15, 0.2) is 0 Å². The predicted molar refractivity (Wildman–Crippen MR) is 44.5 cm³/mol. The molecule has 1 aliphatic carbocycles. The molecule has 0 radical (unpaired) electrons. The Kier molecular flexibility index (Phi) is 2.05. The summed E-state index contributed by atoms with van der Waals surface area (Å²) in [5, 5.41) is 12.2. The first-order valence-corrected chi connectivity index (χ1v) is 4.73.